The summed E-state index contributed by atoms with van der Waals surface area (Å²) in [6.45, 7) is -2.67. The number of fused-ring (bicyclic) bond motifs is 1. The van der Waals surface area contributed by atoms with Crippen LogP contribution < -0.4 is 10.1 Å². The molecule has 2 aromatic heterocycles. The van der Waals surface area contributed by atoms with E-state index in [1.807, 2.05) is 47.1 Å². The number of thioether (sulfide) groups is 1. The summed E-state index contributed by atoms with van der Waals surface area (Å²) in [5, 5.41) is 2.79. The largest absolute Gasteiger partial charge is 0.435 e. The second-order valence-electron chi connectivity index (χ2n) is 6.72. The van der Waals surface area contributed by atoms with Crippen LogP contribution in [0, 0.1) is 0 Å². The minimum absolute atomic E-state index is 0.0636. The summed E-state index contributed by atoms with van der Waals surface area (Å²) in [6, 6.07) is 19.5. The van der Waals surface area contributed by atoms with Crippen molar-refractivity contribution in [2.45, 2.75) is 23.8 Å². The third-order valence-electron chi connectivity index (χ3n) is 4.49. The van der Waals surface area contributed by atoms with Gasteiger partial charge in [-0.15, -0.1) is 11.8 Å². The van der Waals surface area contributed by atoms with Crippen LogP contribution >= 0.6 is 11.8 Å². The van der Waals surface area contributed by atoms with Crippen LogP contribution in [0.25, 0.3) is 5.65 Å². The number of nitrogens with one attached hydrogen (secondary N) is 1. The number of hydrogen-bond donors (Lipinski definition) is 1. The minimum Gasteiger partial charge on any atom is -0.435 e. The molecule has 4 aromatic rings. The zero-order valence-corrected chi connectivity index (χ0v) is 17.2. The van der Waals surface area contributed by atoms with Crippen molar-refractivity contribution < 1.29 is 18.3 Å². The quantitative estimate of drug-likeness (QED) is 0.386. The Kier molecular flexibility index (Phi) is 6.47. The van der Waals surface area contributed by atoms with Crippen molar-refractivity contribution in [3.05, 3.63) is 95.9 Å². The summed E-state index contributed by atoms with van der Waals surface area (Å²) in [7, 11) is 0. The summed E-state index contributed by atoms with van der Waals surface area (Å²) in [6.07, 6.45) is 3.97. The molecule has 8 heteroatoms. The summed E-state index contributed by atoms with van der Waals surface area (Å²) >= 11 is 1.64. The minimum atomic E-state index is -2.88. The van der Waals surface area contributed by atoms with Gasteiger partial charge < -0.3 is 14.5 Å². The smallest absolute Gasteiger partial charge is 0.387 e. The van der Waals surface area contributed by atoms with Crippen molar-refractivity contribution in [3.63, 3.8) is 0 Å². The molecule has 0 radical (unpaired) electrons. The SMILES string of the molecule is O=C(NCc1cccc(OC(F)F)c1)c1ccc(SCc2cn3ccccc3n2)cc1. The van der Waals surface area contributed by atoms with Crippen LogP contribution in [0.1, 0.15) is 21.6 Å². The number of pyridine rings is 1. The summed E-state index contributed by atoms with van der Waals surface area (Å²) in [4.78, 5) is 18.0. The molecule has 0 atom stereocenters. The molecule has 0 saturated carbocycles. The molecular weight excluding hydrogens is 420 g/mol. The topological polar surface area (TPSA) is 55.6 Å². The van der Waals surface area contributed by atoms with Crippen molar-refractivity contribution in [2.75, 3.05) is 0 Å². The molecule has 31 heavy (non-hydrogen) atoms. The highest BCUT2D eigenvalue weighted by molar-refractivity contribution is 7.98. The number of benzene rings is 2. The molecular formula is C23H19F2N3O2S. The molecule has 4 rings (SSSR count). The molecule has 2 aromatic carbocycles. The average molecular weight is 439 g/mol. The molecule has 0 spiro atoms. The molecule has 0 aliphatic heterocycles. The first-order valence-corrected chi connectivity index (χ1v) is 10.5. The lowest BCUT2D eigenvalue weighted by Crippen LogP contribution is -2.22. The maximum atomic E-state index is 12.4. The van der Waals surface area contributed by atoms with Crippen LogP contribution in [0.2, 0.25) is 0 Å². The van der Waals surface area contributed by atoms with Crippen molar-refractivity contribution in [2.24, 2.45) is 0 Å². The molecule has 0 bridgehead atoms. The molecule has 5 nitrogen and oxygen atoms in total. The molecule has 0 unspecified atom stereocenters. The number of carbonyl (C=O) groups is 1. The second-order valence-corrected chi connectivity index (χ2v) is 7.77. The number of nitrogens with zero attached hydrogens (tertiary/aromatic N) is 2. The van der Waals surface area contributed by atoms with Gasteiger partial charge in [0.1, 0.15) is 11.4 Å². The highest BCUT2D eigenvalue weighted by Crippen LogP contribution is 2.23. The van der Waals surface area contributed by atoms with Crippen LogP contribution in [0.3, 0.4) is 0 Å². The molecule has 0 saturated heterocycles. The van der Waals surface area contributed by atoms with E-state index in [4.69, 9.17) is 0 Å². The monoisotopic (exact) mass is 439 g/mol. The zero-order chi connectivity index (χ0) is 21.6. The van der Waals surface area contributed by atoms with E-state index in [0.29, 0.717) is 11.1 Å². The maximum Gasteiger partial charge on any atom is 0.387 e. The molecule has 1 amide bonds. The van der Waals surface area contributed by atoms with Crippen molar-refractivity contribution >= 4 is 23.3 Å². The van der Waals surface area contributed by atoms with Gasteiger partial charge in [0.05, 0.1) is 5.69 Å². The Morgan fingerprint density at radius 1 is 1.10 bits per heavy atom. The van der Waals surface area contributed by atoms with E-state index in [2.05, 4.69) is 15.0 Å². The van der Waals surface area contributed by atoms with Gasteiger partial charge in [-0.25, -0.2) is 4.98 Å². The van der Waals surface area contributed by atoms with Crippen LogP contribution in [0.15, 0.2) is 84.0 Å². The number of halogens is 2. The number of alkyl halides is 2. The summed E-state index contributed by atoms with van der Waals surface area (Å²) < 4.78 is 31.0. The Hall–Kier alpha value is -3.39. The number of aromatic nitrogens is 2. The lowest BCUT2D eigenvalue weighted by Gasteiger charge is -2.09. The van der Waals surface area contributed by atoms with E-state index >= 15 is 0 Å². The van der Waals surface area contributed by atoms with E-state index in [9.17, 15) is 13.6 Å². The van der Waals surface area contributed by atoms with Crippen molar-refractivity contribution in [1.82, 2.24) is 14.7 Å². The van der Waals surface area contributed by atoms with Crippen molar-refractivity contribution in [3.8, 4) is 5.75 Å². The standard InChI is InChI=1S/C23H19F2N3O2S/c24-23(25)30-19-5-3-4-16(12-19)13-26-22(29)17-7-9-20(10-8-17)31-15-18-14-28-11-2-1-6-21(28)27-18/h1-12,14,23H,13,15H2,(H,26,29). The van der Waals surface area contributed by atoms with Crippen LogP contribution in [0.4, 0.5) is 8.78 Å². The number of rotatable bonds is 8. The van der Waals surface area contributed by atoms with Crippen LogP contribution in [-0.4, -0.2) is 21.9 Å². The third-order valence-corrected chi connectivity index (χ3v) is 5.54. The van der Waals surface area contributed by atoms with Gasteiger partial charge in [0.15, 0.2) is 0 Å². The van der Waals surface area contributed by atoms with E-state index in [1.54, 1.807) is 36.0 Å². The van der Waals surface area contributed by atoms with Crippen molar-refractivity contribution in [1.29, 1.82) is 0 Å². The Morgan fingerprint density at radius 2 is 1.94 bits per heavy atom. The fourth-order valence-corrected chi connectivity index (χ4v) is 3.81. The number of hydrogen-bond acceptors (Lipinski definition) is 4. The summed E-state index contributed by atoms with van der Waals surface area (Å²) in [5.41, 5.74) is 3.09. The fraction of sp³-hybridized carbons (Fsp3) is 0.130. The summed E-state index contributed by atoms with van der Waals surface area (Å²) in [5.74, 6) is 0.551. The van der Waals surface area contributed by atoms with Gasteiger partial charge in [-0.3, -0.25) is 4.79 Å². The Morgan fingerprint density at radius 3 is 2.71 bits per heavy atom. The number of ether oxygens (including phenoxy) is 1. The number of imidazole rings is 1. The average Bonchev–Trinajstić information content (AvgIpc) is 3.19. The van der Waals surface area contributed by atoms with Gasteiger partial charge in [0.25, 0.3) is 5.91 Å². The van der Waals surface area contributed by atoms with Gasteiger partial charge in [-0.2, -0.15) is 8.78 Å². The first kappa shape index (κ1) is 20.9. The molecule has 158 valence electrons. The Balaban J connectivity index is 1.30. The first-order chi connectivity index (χ1) is 15.1. The second kappa shape index (κ2) is 9.61. The molecule has 2 heterocycles. The lowest BCUT2D eigenvalue weighted by atomic mass is 10.2. The van der Waals surface area contributed by atoms with Crippen LogP contribution in [-0.2, 0) is 12.3 Å². The molecule has 1 N–H and O–H groups in total. The highest BCUT2D eigenvalue weighted by atomic mass is 32.2. The normalized spacial score (nSPS) is 11.1. The highest BCUT2D eigenvalue weighted by Gasteiger charge is 2.08. The van der Waals surface area contributed by atoms with Gasteiger partial charge in [0.2, 0.25) is 0 Å². The third kappa shape index (κ3) is 5.61. The molecule has 0 aliphatic carbocycles. The zero-order valence-electron chi connectivity index (χ0n) is 16.4. The van der Waals surface area contributed by atoms with Gasteiger partial charge in [-0.1, -0.05) is 18.2 Å². The Bertz CT molecular complexity index is 1150. The van der Waals surface area contributed by atoms with Gasteiger partial charge in [0, 0.05) is 35.2 Å². The number of carbonyl (C=O) groups excluding carboxylic acids is 1. The van der Waals surface area contributed by atoms with E-state index < -0.39 is 6.61 Å². The Labute approximate surface area is 182 Å². The maximum absolute atomic E-state index is 12.4. The predicted octanol–water partition coefficient (Wildman–Crippen LogP) is 5.16. The van der Waals surface area contributed by atoms with Crippen LogP contribution in [0.5, 0.6) is 5.75 Å². The first-order valence-electron chi connectivity index (χ1n) is 9.54. The lowest BCUT2D eigenvalue weighted by molar-refractivity contribution is -0.0498. The van der Waals surface area contributed by atoms with E-state index in [0.717, 1.165) is 22.0 Å². The van der Waals surface area contributed by atoms with Gasteiger partial charge in [-0.05, 0) is 54.1 Å². The molecule has 0 fully saturated rings. The molecule has 0 aliphatic rings. The van der Waals surface area contributed by atoms with E-state index in [1.165, 1.54) is 12.1 Å². The van der Waals surface area contributed by atoms with E-state index in [-0.39, 0.29) is 18.2 Å². The predicted molar refractivity (Wildman–Crippen MR) is 115 cm³/mol. The number of amides is 1. The van der Waals surface area contributed by atoms with Gasteiger partial charge >= 0.3 is 6.61 Å². The fourth-order valence-electron chi connectivity index (χ4n) is 3.03.